The fourth-order valence-electron chi connectivity index (χ4n) is 1.45. The van der Waals surface area contributed by atoms with Crippen LogP contribution >= 0.6 is 0 Å². The summed E-state index contributed by atoms with van der Waals surface area (Å²) in [6, 6.07) is 0.306. The molecule has 19 heavy (non-hydrogen) atoms. The molecule has 0 aliphatic rings. The molecule has 1 rings (SSSR count). The molecule has 0 amide bonds. The Bertz CT molecular complexity index is 500. The van der Waals surface area contributed by atoms with Gasteiger partial charge in [0.15, 0.2) is 0 Å². The van der Waals surface area contributed by atoms with Crippen molar-refractivity contribution < 1.29 is 26.3 Å². The van der Waals surface area contributed by atoms with E-state index in [1.807, 2.05) is 0 Å². The van der Waals surface area contributed by atoms with Gasteiger partial charge in [-0.25, -0.2) is 13.2 Å². The number of nitrogen functional groups attached to an aromatic ring is 4. The van der Waals surface area contributed by atoms with Crippen LogP contribution < -0.4 is 22.9 Å². The minimum absolute atomic E-state index is 0.306. The minimum atomic E-state index is -5.90. The molecular weight excluding hydrogens is 278 g/mol. The number of alkyl halides is 6. The van der Waals surface area contributed by atoms with Crippen molar-refractivity contribution in [2.24, 2.45) is 0 Å². The van der Waals surface area contributed by atoms with Crippen LogP contribution in [0.5, 0.6) is 0 Å². The van der Waals surface area contributed by atoms with Gasteiger partial charge in [-0.05, 0) is 6.07 Å². The van der Waals surface area contributed by atoms with Crippen molar-refractivity contribution >= 4 is 22.7 Å². The van der Waals surface area contributed by atoms with Crippen molar-refractivity contribution in [1.82, 2.24) is 0 Å². The van der Waals surface area contributed by atoms with E-state index < -0.39 is 46.6 Å². The average molecular weight is 288 g/mol. The molecule has 108 valence electrons. The molecule has 0 heterocycles. The lowest BCUT2D eigenvalue weighted by Gasteiger charge is -2.29. The Morgan fingerprint density at radius 1 is 0.842 bits per heavy atom. The number of hydrogen-bond donors (Lipinski definition) is 4. The third kappa shape index (κ3) is 2.06. The number of benzene rings is 1. The lowest BCUT2D eigenvalue weighted by atomic mass is 9.92. The molecular formula is C9H10F6N4. The smallest absolute Gasteiger partial charge is 0.397 e. The summed E-state index contributed by atoms with van der Waals surface area (Å²) in [4.78, 5) is 0. The van der Waals surface area contributed by atoms with Crippen molar-refractivity contribution in [2.45, 2.75) is 18.3 Å². The number of halogens is 6. The van der Waals surface area contributed by atoms with E-state index >= 15 is 0 Å². The summed E-state index contributed by atoms with van der Waals surface area (Å²) in [7, 11) is 0. The van der Waals surface area contributed by atoms with Crippen molar-refractivity contribution in [1.29, 1.82) is 0 Å². The summed E-state index contributed by atoms with van der Waals surface area (Å²) < 4.78 is 76.6. The van der Waals surface area contributed by atoms with E-state index in [2.05, 4.69) is 0 Å². The first kappa shape index (κ1) is 15.1. The Morgan fingerprint density at radius 3 is 1.68 bits per heavy atom. The monoisotopic (exact) mass is 288 g/mol. The standard InChI is InChI=1S/C9H10F6N4/c10-7(11)8(12,9(13,14)15)2-1-3(16)5(18)6(19)4(2)17/h1,7H,16-19H2. The van der Waals surface area contributed by atoms with E-state index in [4.69, 9.17) is 22.9 Å². The Hall–Kier alpha value is -2.00. The summed E-state index contributed by atoms with van der Waals surface area (Å²) in [5.74, 6) is 0. The van der Waals surface area contributed by atoms with Gasteiger partial charge in [0.2, 0.25) is 0 Å². The second-order valence-corrected chi connectivity index (χ2v) is 3.76. The molecule has 0 saturated carbocycles. The van der Waals surface area contributed by atoms with Gasteiger partial charge in [-0.2, -0.15) is 13.2 Å². The van der Waals surface area contributed by atoms with Gasteiger partial charge in [0.1, 0.15) is 0 Å². The van der Waals surface area contributed by atoms with Crippen molar-refractivity contribution in [3.63, 3.8) is 0 Å². The molecule has 10 heteroatoms. The van der Waals surface area contributed by atoms with Crippen molar-refractivity contribution in [3.8, 4) is 0 Å². The van der Waals surface area contributed by atoms with Gasteiger partial charge >= 0.3 is 6.18 Å². The van der Waals surface area contributed by atoms with Crippen LogP contribution in [0, 0.1) is 0 Å². The third-order valence-corrected chi connectivity index (χ3v) is 2.59. The average Bonchev–Trinajstić information content (AvgIpc) is 2.28. The molecule has 0 aromatic heterocycles. The molecule has 1 unspecified atom stereocenters. The SMILES string of the molecule is Nc1cc(C(F)(C(F)F)C(F)(F)F)c(N)c(N)c1N. The largest absolute Gasteiger partial charge is 0.432 e. The molecule has 1 aromatic rings. The molecule has 0 radical (unpaired) electrons. The van der Waals surface area contributed by atoms with Crippen LogP contribution in [0.1, 0.15) is 5.56 Å². The van der Waals surface area contributed by atoms with E-state index in [9.17, 15) is 26.3 Å². The van der Waals surface area contributed by atoms with Crippen LogP contribution in [-0.4, -0.2) is 12.6 Å². The van der Waals surface area contributed by atoms with Gasteiger partial charge in [-0.3, -0.25) is 0 Å². The highest BCUT2D eigenvalue weighted by Gasteiger charge is 2.65. The summed E-state index contributed by atoms with van der Waals surface area (Å²) in [6.07, 6.45) is -10.3. The quantitative estimate of drug-likeness (QED) is 0.493. The van der Waals surface area contributed by atoms with Crippen LogP contribution in [0.4, 0.5) is 49.1 Å². The van der Waals surface area contributed by atoms with Crippen LogP contribution in [0.15, 0.2) is 6.07 Å². The van der Waals surface area contributed by atoms with Gasteiger partial charge in [0.25, 0.3) is 12.1 Å². The molecule has 0 aliphatic heterocycles. The molecule has 0 spiro atoms. The Kier molecular flexibility index (Phi) is 3.39. The number of hydrogen-bond acceptors (Lipinski definition) is 4. The third-order valence-electron chi connectivity index (χ3n) is 2.59. The van der Waals surface area contributed by atoms with Gasteiger partial charge in [-0.1, -0.05) is 0 Å². The highest BCUT2D eigenvalue weighted by atomic mass is 19.4. The van der Waals surface area contributed by atoms with Crippen molar-refractivity contribution in [2.75, 3.05) is 22.9 Å². The molecule has 0 fully saturated rings. The number of anilines is 4. The first-order valence-electron chi connectivity index (χ1n) is 4.71. The zero-order valence-electron chi connectivity index (χ0n) is 9.23. The second-order valence-electron chi connectivity index (χ2n) is 3.76. The highest BCUT2D eigenvalue weighted by molar-refractivity contribution is 5.88. The minimum Gasteiger partial charge on any atom is -0.397 e. The van der Waals surface area contributed by atoms with Crippen LogP contribution in [0.2, 0.25) is 0 Å². The first-order valence-corrected chi connectivity index (χ1v) is 4.71. The van der Waals surface area contributed by atoms with Crippen LogP contribution in [0.25, 0.3) is 0 Å². The van der Waals surface area contributed by atoms with E-state index in [1.165, 1.54) is 0 Å². The molecule has 0 bridgehead atoms. The van der Waals surface area contributed by atoms with Gasteiger partial charge < -0.3 is 22.9 Å². The van der Waals surface area contributed by atoms with Crippen LogP contribution in [-0.2, 0) is 5.67 Å². The first-order chi connectivity index (χ1) is 8.44. The maximum atomic E-state index is 13.8. The molecule has 0 aliphatic carbocycles. The maximum Gasteiger partial charge on any atom is 0.432 e. The summed E-state index contributed by atoms with van der Waals surface area (Å²) in [6.45, 7) is 0. The topological polar surface area (TPSA) is 104 Å². The van der Waals surface area contributed by atoms with E-state index in [0.29, 0.717) is 6.07 Å². The fourth-order valence-corrected chi connectivity index (χ4v) is 1.45. The predicted octanol–water partition coefficient (Wildman–Crippen LogP) is 2.01. The Labute approximate surface area is 103 Å². The molecule has 1 atom stereocenters. The molecule has 8 N–H and O–H groups in total. The zero-order valence-corrected chi connectivity index (χ0v) is 9.23. The maximum absolute atomic E-state index is 13.8. The Balaban J connectivity index is 3.68. The molecule has 0 saturated heterocycles. The Morgan fingerprint density at radius 2 is 1.32 bits per heavy atom. The summed E-state index contributed by atoms with van der Waals surface area (Å²) in [5, 5.41) is 0. The predicted molar refractivity (Wildman–Crippen MR) is 58.9 cm³/mol. The summed E-state index contributed by atoms with van der Waals surface area (Å²) in [5.41, 5.74) is 11.6. The molecule has 4 nitrogen and oxygen atoms in total. The van der Waals surface area contributed by atoms with Gasteiger partial charge in [0, 0.05) is 5.56 Å². The second kappa shape index (κ2) is 4.28. The zero-order chi connectivity index (χ0) is 15.2. The molecule has 1 aromatic carbocycles. The van der Waals surface area contributed by atoms with E-state index in [0.717, 1.165) is 0 Å². The van der Waals surface area contributed by atoms with Gasteiger partial charge in [0.05, 0.1) is 22.7 Å². The highest BCUT2D eigenvalue weighted by Crippen LogP contribution is 2.51. The van der Waals surface area contributed by atoms with Crippen LogP contribution in [0.3, 0.4) is 0 Å². The van der Waals surface area contributed by atoms with Gasteiger partial charge in [-0.15, -0.1) is 0 Å². The number of rotatable bonds is 2. The van der Waals surface area contributed by atoms with Crippen molar-refractivity contribution in [3.05, 3.63) is 11.6 Å². The van der Waals surface area contributed by atoms with E-state index in [-0.39, 0.29) is 0 Å². The fraction of sp³-hybridized carbons (Fsp3) is 0.333. The lowest BCUT2D eigenvalue weighted by Crippen LogP contribution is -2.45. The normalized spacial score (nSPS) is 15.5. The summed E-state index contributed by atoms with van der Waals surface area (Å²) >= 11 is 0. The lowest BCUT2D eigenvalue weighted by molar-refractivity contribution is -0.273. The van der Waals surface area contributed by atoms with E-state index in [1.54, 1.807) is 0 Å². The number of nitrogens with two attached hydrogens (primary N) is 4.